The van der Waals surface area contributed by atoms with Crippen molar-refractivity contribution in [2.75, 3.05) is 0 Å². The van der Waals surface area contributed by atoms with Crippen LogP contribution in [0.4, 0.5) is 0 Å². The molecule has 158 valence electrons. The van der Waals surface area contributed by atoms with Crippen LogP contribution in [0.3, 0.4) is 0 Å². The molecule has 0 aliphatic carbocycles. The molecule has 2 aromatic heterocycles. The molecule has 0 saturated heterocycles. The van der Waals surface area contributed by atoms with Gasteiger partial charge in [0.15, 0.2) is 11.8 Å². The van der Waals surface area contributed by atoms with Gasteiger partial charge in [0.25, 0.3) is 0 Å². The normalized spacial score (nSPS) is 17.5. The van der Waals surface area contributed by atoms with E-state index in [0.717, 1.165) is 48.6 Å². The molecule has 1 aliphatic rings. The summed E-state index contributed by atoms with van der Waals surface area (Å²) < 4.78 is 3.96. The molecule has 0 radical (unpaired) electrons. The number of aryl methyl sites for hydroxylation is 3. The Hall–Kier alpha value is -3.23. The van der Waals surface area contributed by atoms with E-state index in [2.05, 4.69) is 50.0 Å². The number of guanidine groups is 1. The lowest BCUT2D eigenvalue weighted by Crippen LogP contribution is -2.42. The number of hydrogen-bond acceptors (Lipinski definition) is 5. The van der Waals surface area contributed by atoms with Gasteiger partial charge in [0.05, 0.1) is 12.1 Å². The molecule has 4 rings (SSSR count). The lowest BCUT2D eigenvalue weighted by Gasteiger charge is -2.26. The van der Waals surface area contributed by atoms with Gasteiger partial charge in [-0.1, -0.05) is 30.3 Å². The summed E-state index contributed by atoms with van der Waals surface area (Å²) in [6, 6.07) is 10.5. The molecule has 0 spiro atoms. The topological polar surface area (TPSA) is 97.8 Å². The Morgan fingerprint density at radius 3 is 2.77 bits per heavy atom. The van der Waals surface area contributed by atoms with E-state index < -0.39 is 0 Å². The Bertz CT molecular complexity index is 1020. The number of rotatable bonds is 5. The molecule has 1 aliphatic heterocycles. The highest BCUT2D eigenvalue weighted by Crippen LogP contribution is 2.23. The highest BCUT2D eigenvalue weighted by Gasteiger charge is 2.25. The van der Waals surface area contributed by atoms with Crippen LogP contribution < -0.4 is 10.6 Å². The summed E-state index contributed by atoms with van der Waals surface area (Å²) in [5.41, 5.74) is 1.20. The maximum Gasteiger partial charge on any atom is 0.192 e. The fraction of sp³-hybridized carbons (Fsp3) is 0.476. The van der Waals surface area contributed by atoms with Gasteiger partial charge in [-0.25, -0.2) is 14.7 Å². The van der Waals surface area contributed by atoms with Crippen molar-refractivity contribution in [1.29, 1.82) is 0 Å². The van der Waals surface area contributed by atoms with Crippen LogP contribution in [0.25, 0.3) is 0 Å². The first kappa shape index (κ1) is 20.1. The minimum absolute atomic E-state index is 0.0652. The molecule has 3 aromatic rings. The van der Waals surface area contributed by atoms with Crippen molar-refractivity contribution in [2.45, 2.75) is 58.8 Å². The predicted octanol–water partition coefficient (Wildman–Crippen LogP) is 2.35. The number of aliphatic imine (C=N–C) groups is 1. The maximum atomic E-state index is 4.82. The molecule has 3 heterocycles. The number of nitrogens with one attached hydrogen (secondary N) is 2. The standard InChI is InChI=1S/C21H29N9/c1-14(17-9-6-5-7-10-17)23-21(22-13-19-27-26-16(3)29(19)4)25-18-11-8-12-30-20(18)24-15(2)28-30/h5-7,9-10,14,18H,8,11-13H2,1-4H3,(H2,22,23,25). The molecule has 30 heavy (non-hydrogen) atoms. The van der Waals surface area contributed by atoms with E-state index in [-0.39, 0.29) is 12.1 Å². The number of fused-ring (bicyclic) bond motifs is 1. The van der Waals surface area contributed by atoms with Crippen LogP contribution in [-0.2, 0) is 20.1 Å². The monoisotopic (exact) mass is 407 g/mol. The summed E-state index contributed by atoms with van der Waals surface area (Å²) in [5.74, 6) is 4.19. The number of nitrogens with zero attached hydrogens (tertiary/aromatic N) is 7. The highest BCUT2D eigenvalue weighted by atomic mass is 15.4. The average molecular weight is 408 g/mol. The van der Waals surface area contributed by atoms with Gasteiger partial charge >= 0.3 is 0 Å². The van der Waals surface area contributed by atoms with E-state index in [0.29, 0.717) is 6.54 Å². The Morgan fingerprint density at radius 1 is 1.23 bits per heavy atom. The fourth-order valence-electron chi connectivity index (χ4n) is 3.67. The van der Waals surface area contributed by atoms with Crippen LogP contribution in [0, 0.1) is 13.8 Å². The second kappa shape index (κ2) is 8.64. The largest absolute Gasteiger partial charge is 0.350 e. The van der Waals surface area contributed by atoms with Crippen molar-refractivity contribution in [3.05, 3.63) is 59.2 Å². The zero-order valence-corrected chi connectivity index (χ0v) is 18.0. The van der Waals surface area contributed by atoms with Crippen LogP contribution in [-0.4, -0.2) is 35.5 Å². The predicted molar refractivity (Wildman–Crippen MR) is 115 cm³/mol. The maximum absolute atomic E-state index is 4.82. The van der Waals surface area contributed by atoms with Crippen LogP contribution in [0.15, 0.2) is 35.3 Å². The summed E-state index contributed by atoms with van der Waals surface area (Å²) in [5, 5.41) is 20.0. The molecular weight excluding hydrogens is 378 g/mol. The zero-order chi connectivity index (χ0) is 21.1. The minimum Gasteiger partial charge on any atom is -0.350 e. The van der Waals surface area contributed by atoms with Gasteiger partial charge < -0.3 is 15.2 Å². The van der Waals surface area contributed by atoms with Gasteiger partial charge in [-0.15, -0.1) is 10.2 Å². The van der Waals surface area contributed by atoms with Crippen LogP contribution in [0.2, 0.25) is 0 Å². The molecule has 2 unspecified atom stereocenters. The van der Waals surface area contributed by atoms with Crippen molar-refractivity contribution >= 4 is 5.96 Å². The van der Waals surface area contributed by atoms with E-state index in [1.165, 1.54) is 5.56 Å². The van der Waals surface area contributed by atoms with Crippen LogP contribution in [0.1, 0.15) is 60.7 Å². The van der Waals surface area contributed by atoms with Crippen LogP contribution >= 0.6 is 0 Å². The van der Waals surface area contributed by atoms with E-state index in [1.807, 2.05) is 48.3 Å². The third-order valence-electron chi connectivity index (χ3n) is 5.51. The quantitative estimate of drug-likeness (QED) is 0.498. The van der Waals surface area contributed by atoms with Gasteiger partial charge in [0, 0.05) is 13.6 Å². The van der Waals surface area contributed by atoms with Gasteiger partial charge in [-0.2, -0.15) is 5.10 Å². The molecule has 0 bridgehead atoms. The first-order valence-corrected chi connectivity index (χ1v) is 10.4. The minimum atomic E-state index is 0.0652. The molecule has 0 amide bonds. The SMILES string of the molecule is Cc1nc2n(n1)CCCC2NC(=NCc1nnc(C)n1C)NC(C)c1ccccc1. The van der Waals surface area contributed by atoms with Gasteiger partial charge in [0.2, 0.25) is 0 Å². The molecule has 1 aromatic carbocycles. The van der Waals surface area contributed by atoms with E-state index in [1.54, 1.807) is 0 Å². The van der Waals surface area contributed by atoms with E-state index >= 15 is 0 Å². The number of benzene rings is 1. The van der Waals surface area contributed by atoms with E-state index in [4.69, 9.17) is 4.99 Å². The first-order valence-electron chi connectivity index (χ1n) is 10.4. The summed E-state index contributed by atoms with van der Waals surface area (Å²) in [6.07, 6.45) is 2.04. The summed E-state index contributed by atoms with van der Waals surface area (Å²) in [4.78, 5) is 9.46. The molecule has 0 fully saturated rings. The third kappa shape index (κ3) is 4.34. The number of hydrogen-bond donors (Lipinski definition) is 2. The van der Waals surface area contributed by atoms with Crippen molar-refractivity contribution in [1.82, 2.24) is 40.2 Å². The van der Waals surface area contributed by atoms with Gasteiger partial charge in [0.1, 0.15) is 24.0 Å². The van der Waals surface area contributed by atoms with Crippen molar-refractivity contribution in [3.63, 3.8) is 0 Å². The molecular formula is C21H29N9. The molecule has 9 heteroatoms. The Balaban J connectivity index is 1.57. The smallest absolute Gasteiger partial charge is 0.192 e. The Labute approximate surface area is 176 Å². The lowest BCUT2D eigenvalue weighted by molar-refractivity contribution is 0.396. The molecule has 9 nitrogen and oxygen atoms in total. The van der Waals surface area contributed by atoms with Crippen LogP contribution in [0.5, 0.6) is 0 Å². The van der Waals surface area contributed by atoms with E-state index in [9.17, 15) is 0 Å². The zero-order valence-electron chi connectivity index (χ0n) is 18.0. The van der Waals surface area contributed by atoms with Crippen molar-refractivity contribution < 1.29 is 0 Å². The second-order valence-electron chi connectivity index (χ2n) is 7.74. The average Bonchev–Trinajstić information content (AvgIpc) is 3.29. The molecule has 2 N–H and O–H groups in total. The summed E-state index contributed by atoms with van der Waals surface area (Å²) in [6.45, 7) is 7.35. The highest BCUT2D eigenvalue weighted by molar-refractivity contribution is 5.80. The molecule has 0 saturated carbocycles. The Morgan fingerprint density at radius 2 is 2.03 bits per heavy atom. The Kier molecular flexibility index (Phi) is 5.78. The molecule has 2 atom stereocenters. The fourth-order valence-corrected chi connectivity index (χ4v) is 3.67. The summed E-state index contributed by atoms with van der Waals surface area (Å²) in [7, 11) is 1.96. The third-order valence-corrected chi connectivity index (χ3v) is 5.51. The van der Waals surface area contributed by atoms with Gasteiger partial charge in [-0.3, -0.25) is 0 Å². The number of aromatic nitrogens is 6. The summed E-state index contributed by atoms with van der Waals surface area (Å²) >= 11 is 0. The van der Waals surface area contributed by atoms with Crippen molar-refractivity contribution in [3.8, 4) is 0 Å². The van der Waals surface area contributed by atoms with Crippen molar-refractivity contribution in [2.24, 2.45) is 12.0 Å². The second-order valence-corrected chi connectivity index (χ2v) is 7.74. The lowest BCUT2D eigenvalue weighted by atomic mass is 10.1. The van der Waals surface area contributed by atoms with Gasteiger partial charge in [-0.05, 0) is 39.2 Å². The first-order chi connectivity index (χ1) is 14.5.